The molecule has 0 radical (unpaired) electrons. The zero-order valence-corrected chi connectivity index (χ0v) is 22.7. The van der Waals surface area contributed by atoms with E-state index in [1.54, 1.807) is 4.90 Å². The number of carbonyl (C=O) groups excluding carboxylic acids is 3. The van der Waals surface area contributed by atoms with Crippen molar-refractivity contribution < 1.29 is 14.4 Å². The first-order valence-electron chi connectivity index (χ1n) is 15.0. The fraction of sp³-hybridized carbons (Fsp3) is 0.645. The molecule has 3 heterocycles. The number of hydrogen-bond donors (Lipinski definition) is 2. The van der Waals surface area contributed by atoms with E-state index in [2.05, 4.69) is 32.4 Å². The number of nitrogens with one attached hydrogen (secondary N) is 2. The van der Waals surface area contributed by atoms with Gasteiger partial charge in [-0.05, 0) is 86.3 Å². The number of fused-ring (bicyclic) bond motifs is 1. The predicted molar refractivity (Wildman–Crippen MR) is 146 cm³/mol. The fourth-order valence-corrected chi connectivity index (χ4v) is 8.73. The van der Waals surface area contributed by atoms with Crippen LogP contribution in [0.4, 0.5) is 0 Å². The molecular weight excluding hydrogens is 490 g/mol. The molecule has 0 spiro atoms. The van der Waals surface area contributed by atoms with E-state index in [4.69, 9.17) is 0 Å². The lowest BCUT2D eigenvalue weighted by atomic mass is 9.53. The van der Waals surface area contributed by atoms with Crippen molar-refractivity contribution in [3.63, 3.8) is 0 Å². The number of benzene rings is 1. The molecule has 1 atom stereocenters. The Morgan fingerprint density at radius 3 is 2.38 bits per heavy atom. The van der Waals surface area contributed by atoms with Gasteiger partial charge in [0.05, 0.1) is 0 Å². The molecular formula is C31H39N5O3. The van der Waals surface area contributed by atoms with E-state index < -0.39 is 6.04 Å². The Labute approximate surface area is 230 Å². The highest BCUT2D eigenvalue weighted by Gasteiger charge is 2.50. The molecule has 0 aromatic heterocycles. The SMILES string of the molecule is O=C1CCC(N2Cc3c(C#CN4CCN(CCNC56CC7CC(CC(C7)C5)C6)CC4)cccc3C2=O)C(=O)N1. The number of piperazine rings is 1. The van der Waals surface area contributed by atoms with Gasteiger partial charge in [-0.25, -0.2) is 0 Å². The van der Waals surface area contributed by atoms with Crippen LogP contribution in [0.3, 0.4) is 0 Å². The standard InChI is InChI=1S/C31H39N5O3/c37-28-5-4-27(29(38)33-28)36-20-26-24(2-1-3-25(26)30(36)39)6-8-34-10-12-35(13-11-34)9-7-32-31-17-21-14-22(18-31)16-23(15-21)19-31/h1-3,21-23,27,32H,4-5,7,9-20H2,(H,33,37,38). The van der Waals surface area contributed by atoms with Crippen molar-refractivity contribution in [1.82, 2.24) is 25.3 Å². The summed E-state index contributed by atoms with van der Waals surface area (Å²) in [6.45, 7) is 6.42. The smallest absolute Gasteiger partial charge is 0.255 e. The Morgan fingerprint density at radius 1 is 0.974 bits per heavy atom. The fourth-order valence-electron chi connectivity index (χ4n) is 8.73. The molecule has 1 aromatic rings. The highest BCUT2D eigenvalue weighted by molar-refractivity contribution is 6.05. The summed E-state index contributed by atoms with van der Waals surface area (Å²) in [4.78, 5) is 43.3. The molecule has 1 aromatic carbocycles. The molecule has 206 valence electrons. The monoisotopic (exact) mass is 529 g/mol. The molecule has 8 nitrogen and oxygen atoms in total. The lowest BCUT2D eigenvalue weighted by Crippen LogP contribution is -2.59. The van der Waals surface area contributed by atoms with Crippen LogP contribution in [0.2, 0.25) is 0 Å². The van der Waals surface area contributed by atoms with Gasteiger partial charge in [0.1, 0.15) is 6.04 Å². The molecule has 4 bridgehead atoms. The van der Waals surface area contributed by atoms with Gasteiger partial charge in [0.2, 0.25) is 11.8 Å². The van der Waals surface area contributed by atoms with E-state index >= 15 is 0 Å². The number of hydrogen-bond acceptors (Lipinski definition) is 6. The molecule has 2 N–H and O–H groups in total. The van der Waals surface area contributed by atoms with Crippen LogP contribution in [0.1, 0.15) is 72.9 Å². The van der Waals surface area contributed by atoms with Gasteiger partial charge >= 0.3 is 0 Å². The number of rotatable bonds is 5. The summed E-state index contributed by atoms with van der Waals surface area (Å²) in [7, 11) is 0. The van der Waals surface area contributed by atoms with Crippen LogP contribution in [0.15, 0.2) is 18.2 Å². The maximum Gasteiger partial charge on any atom is 0.255 e. The van der Waals surface area contributed by atoms with Crippen molar-refractivity contribution in [3.8, 4) is 12.0 Å². The lowest BCUT2D eigenvalue weighted by molar-refractivity contribution is -0.136. The summed E-state index contributed by atoms with van der Waals surface area (Å²) in [5.74, 6) is 5.46. The minimum atomic E-state index is -0.603. The highest BCUT2D eigenvalue weighted by Crippen LogP contribution is 2.55. The van der Waals surface area contributed by atoms with E-state index in [9.17, 15) is 14.4 Å². The number of piperidine rings is 1. The van der Waals surface area contributed by atoms with Crippen molar-refractivity contribution >= 4 is 17.7 Å². The molecule has 8 heteroatoms. The predicted octanol–water partition coefficient (Wildman–Crippen LogP) is 1.93. The second kappa shape index (κ2) is 9.94. The van der Waals surface area contributed by atoms with Gasteiger partial charge in [0.15, 0.2) is 0 Å². The Bertz CT molecular complexity index is 1210. The van der Waals surface area contributed by atoms with Crippen molar-refractivity contribution in [3.05, 3.63) is 34.9 Å². The minimum absolute atomic E-state index is 0.154. The van der Waals surface area contributed by atoms with Crippen LogP contribution < -0.4 is 10.6 Å². The second-order valence-corrected chi connectivity index (χ2v) is 12.9. The molecule has 4 saturated carbocycles. The van der Waals surface area contributed by atoms with Crippen molar-refractivity contribution in [2.24, 2.45) is 17.8 Å². The average Bonchev–Trinajstić information content (AvgIpc) is 3.24. The largest absolute Gasteiger partial charge is 0.330 e. The normalized spacial score (nSPS) is 33.7. The third-order valence-corrected chi connectivity index (χ3v) is 10.3. The van der Waals surface area contributed by atoms with Gasteiger partial charge in [-0.2, -0.15) is 0 Å². The maximum atomic E-state index is 13.1. The second-order valence-electron chi connectivity index (χ2n) is 12.9. The van der Waals surface area contributed by atoms with Crippen LogP contribution >= 0.6 is 0 Å². The zero-order valence-electron chi connectivity index (χ0n) is 22.7. The Morgan fingerprint density at radius 2 is 1.69 bits per heavy atom. The van der Waals surface area contributed by atoms with E-state index in [-0.39, 0.29) is 24.1 Å². The van der Waals surface area contributed by atoms with Gasteiger partial charge in [-0.1, -0.05) is 6.07 Å². The summed E-state index contributed by atoms with van der Waals surface area (Å²) in [5.41, 5.74) is 2.78. The lowest BCUT2D eigenvalue weighted by Gasteiger charge is -2.57. The summed E-state index contributed by atoms with van der Waals surface area (Å²) < 4.78 is 0. The number of imide groups is 1. The number of amides is 3. The van der Waals surface area contributed by atoms with Crippen molar-refractivity contribution in [1.29, 1.82) is 0 Å². The summed E-state index contributed by atoms with van der Waals surface area (Å²) in [5, 5.41) is 6.40. The third kappa shape index (κ3) is 4.85. The quantitative estimate of drug-likeness (QED) is 0.448. The Kier molecular flexibility index (Phi) is 6.40. The van der Waals surface area contributed by atoms with E-state index in [1.165, 1.54) is 38.5 Å². The minimum Gasteiger partial charge on any atom is -0.330 e. The average molecular weight is 530 g/mol. The number of carbonyl (C=O) groups is 3. The van der Waals surface area contributed by atoms with E-state index in [0.29, 0.717) is 24.1 Å². The van der Waals surface area contributed by atoms with E-state index in [1.807, 2.05) is 18.2 Å². The van der Waals surface area contributed by atoms with Crippen molar-refractivity contribution in [2.75, 3.05) is 39.3 Å². The van der Waals surface area contributed by atoms with Crippen LogP contribution in [0.25, 0.3) is 0 Å². The molecule has 3 aliphatic heterocycles. The molecule has 1 unspecified atom stereocenters. The summed E-state index contributed by atoms with van der Waals surface area (Å²) >= 11 is 0. The van der Waals surface area contributed by atoms with Crippen LogP contribution in [0.5, 0.6) is 0 Å². The highest BCUT2D eigenvalue weighted by atomic mass is 16.2. The number of nitrogens with zero attached hydrogens (tertiary/aromatic N) is 3. The molecule has 7 aliphatic rings. The van der Waals surface area contributed by atoms with Gasteiger partial charge in [0, 0.05) is 74.9 Å². The van der Waals surface area contributed by atoms with Crippen LogP contribution in [-0.4, -0.2) is 83.3 Å². The van der Waals surface area contributed by atoms with Gasteiger partial charge in [0.25, 0.3) is 5.91 Å². The van der Waals surface area contributed by atoms with Gasteiger partial charge < -0.3 is 15.1 Å². The van der Waals surface area contributed by atoms with Crippen LogP contribution in [-0.2, 0) is 16.1 Å². The first-order valence-corrected chi connectivity index (χ1v) is 15.0. The Hall–Kier alpha value is -2.89. The van der Waals surface area contributed by atoms with Gasteiger partial charge in [-0.15, -0.1) is 0 Å². The first-order chi connectivity index (χ1) is 18.9. The van der Waals surface area contributed by atoms with Crippen molar-refractivity contribution in [2.45, 2.75) is 69.5 Å². The Balaban J connectivity index is 0.920. The molecule has 39 heavy (non-hydrogen) atoms. The molecule has 4 aliphatic carbocycles. The molecule has 3 amide bonds. The molecule has 8 rings (SSSR count). The van der Waals surface area contributed by atoms with Crippen LogP contribution in [0, 0.1) is 29.7 Å². The summed E-state index contributed by atoms with van der Waals surface area (Å²) in [6, 6.07) is 8.37. The van der Waals surface area contributed by atoms with E-state index in [0.717, 1.165) is 68.1 Å². The summed E-state index contributed by atoms with van der Waals surface area (Å²) in [6.07, 6.45) is 9.31. The molecule has 2 saturated heterocycles. The topological polar surface area (TPSA) is 85.0 Å². The maximum absolute atomic E-state index is 13.1. The van der Waals surface area contributed by atoms with Gasteiger partial charge in [-0.3, -0.25) is 24.6 Å². The zero-order chi connectivity index (χ0) is 26.6. The first kappa shape index (κ1) is 25.1. The third-order valence-electron chi connectivity index (χ3n) is 10.3. The molecule has 6 fully saturated rings.